The summed E-state index contributed by atoms with van der Waals surface area (Å²) in [7, 11) is 1.43. The summed E-state index contributed by atoms with van der Waals surface area (Å²) in [6, 6.07) is 3.01. The molecule has 0 aliphatic rings. The number of aromatic nitrogens is 2. The molecule has 0 amide bonds. The van der Waals surface area contributed by atoms with E-state index in [1.165, 1.54) is 13.1 Å². The number of aryl methyl sites for hydroxylation is 1. The van der Waals surface area contributed by atoms with Crippen LogP contribution in [0.1, 0.15) is 10.5 Å². The van der Waals surface area contributed by atoms with E-state index in [9.17, 15) is 13.6 Å². The monoisotopic (exact) mass is 316 g/mol. The summed E-state index contributed by atoms with van der Waals surface area (Å²) in [4.78, 5) is 11.0. The molecule has 0 bridgehead atoms. The Kier molecular flexibility index (Phi) is 3.16. The van der Waals surface area contributed by atoms with E-state index >= 15 is 0 Å². The van der Waals surface area contributed by atoms with E-state index in [0.717, 1.165) is 16.8 Å². The average molecular weight is 317 g/mol. The first-order valence-electron chi connectivity index (χ1n) is 4.83. The van der Waals surface area contributed by atoms with Gasteiger partial charge in [-0.2, -0.15) is 5.10 Å². The van der Waals surface area contributed by atoms with Crippen LogP contribution in [-0.4, -0.2) is 20.9 Å². The summed E-state index contributed by atoms with van der Waals surface area (Å²) in [5, 5.41) is 12.9. The molecule has 18 heavy (non-hydrogen) atoms. The van der Waals surface area contributed by atoms with Crippen molar-refractivity contribution >= 4 is 21.9 Å². The van der Waals surface area contributed by atoms with Gasteiger partial charge in [-0.25, -0.2) is 13.6 Å². The minimum absolute atomic E-state index is 0.0337. The maximum Gasteiger partial charge on any atom is 0.355 e. The van der Waals surface area contributed by atoms with Crippen LogP contribution < -0.4 is 0 Å². The molecule has 1 heterocycles. The molecule has 94 valence electrons. The number of hydrogen-bond acceptors (Lipinski definition) is 2. The summed E-state index contributed by atoms with van der Waals surface area (Å²) < 4.78 is 27.7. The second-order valence-electron chi connectivity index (χ2n) is 3.56. The van der Waals surface area contributed by atoms with Crippen molar-refractivity contribution in [1.82, 2.24) is 9.78 Å². The van der Waals surface area contributed by atoms with Crippen LogP contribution in [0.25, 0.3) is 11.3 Å². The normalized spacial score (nSPS) is 10.7. The smallest absolute Gasteiger partial charge is 0.355 e. The Hall–Kier alpha value is -1.76. The molecule has 0 aliphatic carbocycles. The second-order valence-corrected chi connectivity index (χ2v) is 4.36. The zero-order valence-electron chi connectivity index (χ0n) is 9.12. The molecular formula is C11H7BrF2N2O2. The number of aromatic carboxylic acids is 1. The quantitative estimate of drug-likeness (QED) is 0.927. The van der Waals surface area contributed by atoms with Gasteiger partial charge in [-0.05, 0) is 28.1 Å². The first-order chi connectivity index (χ1) is 8.41. The molecule has 0 unspecified atom stereocenters. The van der Waals surface area contributed by atoms with Gasteiger partial charge in [-0.15, -0.1) is 0 Å². The number of rotatable bonds is 2. The topological polar surface area (TPSA) is 55.1 Å². The first kappa shape index (κ1) is 12.7. The fraction of sp³-hybridized carbons (Fsp3) is 0.0909. The molecule has 0 spiro atoms. The maximum absolute atomic E-state index is 13.6. The van der Waals surface area contributed by atoms with Crippen LogP contribution >= 0.6 is 15.9 Å². The molecule has 1 aromatic carbocycles. The fourth-order valence-corrected chi connectivity index (χ4v) is 2.30. The van der Waals surface area contributed by atoms with Crippen LogP contribution in [0, 0.1) is 11.6 Å². The molecule has 1 N–H and O–H groups in total. The minimum Gasteiger partial charge on any atom is -0.476 e. The van der Waals surface area contributed by atoms with Gasteiger partial charge in [0.2, 0.25) is 0 Å². The fourth-order valence-electron chi connectivity index (χ4n) is 1.58. The SMILES string of the molecule is Cn1nc(-c2ccc(F)cc2F)c(Br)c1C(=O)O. The molecule has 0 atom stereocenters. The predicted octanol–water partition coefficient (Wildman–Crippen LogP) is 2.83. The van der Waals surface area contributed by atoms with Crippen LogP contribution in [0.2, 0.25) is 0 Å². The van der Waals surface area contributed by atoms with Gasteiger partial charge in [0.05, 0.1) is 4.47 Å². The Labute approximate surface area is 109 Å². The predicted molar refractivity (Wildman–Crippen MR) is 63.2 cm³/mol. The third-order valence-corrected chi connectivity index (χ3v) is 3.13. The molecule has 0 saturated carbocycles. The molecule has 1 aromatic heterocycles. The highest BCUT2D eigenvalue weighted by molar-refractivity contribution is 9.10. The third kappa shape index (κ3) is 2.01. The Morgan fingerprint density at radius 3 is 2.61 bits per heavy atom. The molecule has 2 rings (SSSR count). The van der Waals surface area contributed by atoms with Crippen molar-refractivity contribution in [1.29, 1.82) is 0 Å². The molecule has 0 saturated heterocycles. The van der Waals surface area contributed by atoms with Gasteiger partial charge in [0.1, 0.15) is 17.3 Å². The Morgan fingerprint density at radius 2 is 2.11 bits per heavy atom. The van der Waals surface area contributed by atoms with E-state index in [2.05, 4.69) is 21.0 Å². The van der Waals surface area contributed by atoms with Crippen molar-refractivity contribution in [2.75, 3.05) is 0 Å². The van der Waals surface area contributed by atoms with Gasteiger partial charge >= 0.3 is 5.97 Å². The highest BCUT2D eigenvalue weighted by Crippen LogP contribution is 2.31. The molecule has 0 radical (unpaired) electrons. The third-order valence-electron chi connectivity index (χ3n) is 2.38. The van der Waals surface area contributed by atoms with Crippen LogP contribution in [-0.2, 0) is 7.05 Å². The summed E-state index contributed by atoms with van der Waals surface area (Å²) in [6.07, 6.45) is 0. The lowest BCUT2D eigenvalue weighted by Crippen LogP contribution is -2.05. The van der Waals surface area contributed by atoms with Crippen molar-refractivity contribution in [3.8, 4) is 11.3 Å². The van der Waals surface area contributed by atoms with Gasteiger partial charge in [0.25, 0.3) is 0 Å². The van der Waals surface area contributed by atoms with E-state index in [0.29, 0.717) is 0 Å². The summed E-state index contributed by atoms with van der Waals surface area (Å²) >= 11 is 3.07. The lowest BCUT2D eigenvalue weighted by molar-refractivity contribution is 0.0684. The molecular weight excluding hydrogens is 310 g/mol. The van der Waals surface area contributed by atoms with Crippen LogP contribution in [0.15, 0.2) is 22.7 Å². The zero-order valence-corrected chi connectivity index (χ0v) is 10.7. The maximum atomic E-state index is 13.6. The van der Waals surface area contributed by atoms with Gasteiger partial charge in [-0.3, -0.25) is 4.68 Å². The molecule has 2 aromatic rings. The molecule has 0 aliphatic heterocycles. The van der Waals surface area contributed by atoms with Crippen LogP contribution in [0.5, 0.6) is 0 Å². The highest BCUT2D eigenvalue weighted by atomic mass is 79.9. The van der Waals surface area contributed by atoms with Crippen molar-refractivity contribution in [3.63, 3.8) is 0 Å². The van der Waals surface area contributed by atoms with E-state index in [1.807, 2.05) is 0 Å². The minimum atomic E-state index is -1.19. The molecule has 4 nitrogen and oxygen atoms in total. The highest BCUT2D eigenvalue weighted by Gasteiger charge is 2.22. The average Bonchev–Trinajstić information content (AvgIpc) is 2.54. The summed E-state index contributed by atoms with van der Waals surface area (Å²) in [5.74, 6) is -2.70. The Bertz CT molecular complexity index is 640. The second kappa shape index (κ2) is 4.49. The van der Waals surface area contributed by atoms with Crippen LogP contribution in [0.3, 0.4) is 0 Å². The summed E-state index contributed by atoms with van der Waals surface area (Å²) in [5.41, 5.74) is 0.0486. The number of carbonyl (C=O) groups is 1. The first-order valence-corrected chi connectivity index (χ1v) is 5.62. The van der Waals surface area contributed by atoms with Crippen molar-refractivity contribution < 1.29 is 18.7 Å². The Balaban J connectivity index is 2.65. The molecule has 0 fully saturated rings. The number of halogens is 3. The van der Waals surface area contributed by atoms with Gasteiger partial charge in [0, 0.05) is 18.7 Å². The zero-order chi connectivity index (χ0) is 13.4. The number of hydrogen-bond donors (Lipinski definition) is 1. The van der Waals surface area contributed by atoms with E-state index in [1.54, 1.807) is 0 Å². The number of benzene rings is 1. The van der Waals surface area contributed by atoms with Gasteiger partial charge in [-0.1, -0.05) is 0 Å². The van der Waals surface area contributed by atoms with E-state index in [-0.39, 0.29) is 21.4 Å². The largest absolute Gasteiger partial charge is 0.476 e. The van der Waals surface area contributed by atoms with Gasteiger partial charge < -0.3 is 5.11 Å². The van der Waals surface area contributed by atoms with Crippen molar-refractivity contribution in [2.45, 2.75) is 0 Å². The van der Waals surface area contributed by atoms with Crippen molar-refractivity contribution in [3.05, 3.63) is 40.0 Å². The summed E-state index contributed by atoms with van der Waals surface area (Å²) in [6.45, 7) is 0. The number of nitrogens with zero attached hydrogens (tertiary/aromatic N) is 2. The standard InChI is InChI=1S/C11H7BrF2N2O2/c1-16-10(11(17)18)8(12)9(15-16)6-3-2-5(13)4-7(6)14/h2-4H,1H3,(H,17,18). The number of carboxylic acids is 1. The number of carboxylic acid groups (broad SMARTS) is 1. The molecule has 7 heteroatoms. The Morgan fingerprint density at radius 1 is 1.44 bits per heavy atom. The van der Waals surface area contributed by atoms with E-state index < -0.39 is 17.6 Å². The van der Waals surface area contributed by atoms with Crippen LogP contribution in [0.4, 0.5) is 8.78 Å². The van der Waals surface area contributed by atoms with E-state index in [4.69, 9.17) is 5.11 Å². The lowest BCUT2D eigenvalue weighted by atomic mass is 10.1. The lowest BCUT2D eigenvalue weighted by Gasteiger charge is -2.00. The van der Waals surface area contributed by atoms with Crippen molar-refractivity contribution in [2.24, 2.45) is 7.05 Å². The van der Waals surface area contributed by atoms with Gasteiger partial charge in [0.15, 0.2) is 5.69 Å².